The van der Waals surface area contributed by atoms with Gasteiger partial charge in [-0.25, -0.2) is 18.3 Å². The summed E-state index contributed by atoms with van der Waals surface area (Å²) >= 11 is 12.1. The summed E-state index contributed by atoms with van der Waals surface area (Å²) in [6.07, 6.45) is 2.96. The Morgan fingerprint density at radius 3 is 2.53 bits per heavy atom. The van der Waals surface area contributed by atoms with Crippen molar-refractivity contribution in [3.8, 4) is 5.69 Å². The number of urea groups is 1. The molecule has 0 saturated heterocycles. The minimum Gasteiger partial charge on any atom is -0.334 e. The number of rotatable bonds is 7. The van der Waals surface area contributed by atoms with E-state index in [2.05, 4.69) is 15.7 Å². The second-order valence-corrected chi connectivity index (χ2v) is 7.52. The summed E-state index contributed by atoms with van der Waals surface area (Å²) in [5.41, 5.74) is 0.942. The zero-order chi connectivity index (χ0) is 23.3. The molecule has 3 amide bonds. The highest BCUT2D eigenvalue weighted by molar-refractivity contribution is 6.39. The molecule has 1 heterocycles. The van der Waals surface area contributed by atoms with E-state index in [9.17, 15) is 18.4 Å². The maximum Gasteiger partial charge on any atom is 0.318 e. The van der Waals surface area contributed by atoms with Crippen molar-refractivity contribution >= 4 is 40.8 Å². The van der Waals surface area contributed by atoms with Crippen LogP contribution < -0.4 is 10.6 Å². The van der Waals surface area contributed by atoms with E-state index in [4.69, 9.17) is 23.2 Å². The maximum absolute atomic E-state index is 13.9. The molecule has 3 aromatic rings. The quantitative estimate of drug-likeness (QED) is 0.516. The molecule has 0 fully saturated rings. The summed E-state index contributed by atoms with van der Waals surface area (Å²) in [4.78, 5) is 26.1. The van der Waals surface area contributed by atoms with Crippen LogP contribution in [0.5, 0.6) is 0 Å². The highest BCUT2D eigenvalue weighted by Gasteiger charge is 2.17. The van der Waals surface area contributed by atoms with Gasteiger partial charge in [0.25, 0.3) is 0 Å². The van der Waals surface area contributed by atoms with Crippen molar-refractivity contribution in [2.75, 3.05) is 18.4 Å². The second kappa shape index (κ2) is 10.4. The van der Waals surface area contributed by atoms with Crippen LogP contribution in [0.3, 0.4) is 0 Å². The number of aromatic nitrogens is 2. The molecule has 0 saturated carbocycles. The van der Waals surface area contributed by atoms with Crippen molar-refractivity contribution in [1.82, 2.24) is 20.0 Å². The molecule has 3 rings (SSSR count). The number of hydrogen-bond donors (Lipinski definition) is 2. The third kappa shape index (κ3) is 5.74. The molecule has 0 aliphatic carbocycles. The first-order chi connectivity index (χ1) is 15.3. The molecule has 0 atom stereocenters. The molecule has 0 bridgehead atoms. The second-order valence-electron chi connectivity index (χ2n) is 6.71. The van der Waals surface area contributed by atoms with Crippen LogP contribution in [0.1, 0.15) is 12.5 Å². The van der Waals surface area contributed by atoms with Crippen LogP contribution in [-0.2, 0) is 11.3 Å². The number of nitrogens with one attached hydrogen (secondary N) is 2. The fraction of sp³-hybridized carbons (Fsp3) is 0.190. The summed E-state index contributed by atoms with van der Waals surface area (Å²) < 4.78 is 28.2. The van der Waals surface area contributed by atoms with Crippen molar-refractivity contribution in [3.05, 3.63) is 76.0 Å². The Hall–Kier alpha value is -3.17. The Balaban J connectivity index is 1.57. The maximum atomic E-state index is 13.9. The van der Waals surface area contributed by atoms with Gasteiger partial charge in [0.15, 0.2) is 5.82 Å². The average Bonchev–Trinajstić information content (AvgIpc) is 3.21. The number of carbonyl (C=O) groups is 2. The van der Waals surface area contributed by atoms with Crippen molar-refractivity contribution in [1.29, 1.82) is 0 Å². The van der Waals surface area contributed by atoms with Crippen LogP contribution in [0.15, 0.2) is 48.8 Å². The first-order valence-electron chi connectivity index (χ1n) is 9.54. The van der Waals surface area contributed by atoms with Crippen LogP contribution in [0.4, 0.5) is 19.3 Å². The van der Waals surface area contributed by atoms with E-state index in [0.717, 1.165) is 12.1 Å². The Morgan fingerprint density at radius 2 is 1.88 bits per heavy atom. The normalized spacial score (nSPS) is 10.7. The Kier molecular flexibility index (Phi) is 7.66. The Labute approximate surface area is 192 Å². The molecule has 0 unspecified atom stereocenters. The number of benzene rings is 2. The number of amides is 3. The lowest BCUT2D eigenvalue weighted by Gasteiger charge is -2.21. The summed E-state index contributed by atoms with van der Waals surface area (Å²) in [7, 11) is 0. The molecule has 0 radical (unpaired) electrons. The zero-order valence-corrected chi connectivity index (χ0v) is 18.4. The largest absolute Gasteiger partial charge is 0.334 e. The minimum absolute atomic E-state index is 0.0778. The summed E-state index contributed by atoms with van der Waals surface area (Å²) in [5, 5.41) is 9.88. The van der Waals surface area contributed by atoms with Gasteiger partial charge in [-0.1, -0.05) is 29.3 Å². The van der Waals surface area contributed by atoms with Gasteiger partial charge in [-0.15, -0.1) is 0 Å². The standard InChI is InChI=1S/C21H19Cl2F2N5O2/c1-2-29(12-19(31)28-20-15(22)4-3-5-16(20)23)21(32)26-9-13-10-27-30(11-13)18-7-6-14(24)8-17(18)25/h3-8,10-11H,2,9,12H2,1H3,(H,26,32)(H,28,31). The number of halogens is 4. The van der Waals surface area contributed by atoms with Crippen LogP contribution in [0.25, 0.3) is 5.69 Å². The first kappa shape index (κ1) is 23.5. The van der Waals surface area contributed by atoms with E-state index < -0.39 is 23.6 Å². The van der Waals surface area contributed by atoms with E-state index in [1.54, 1.807) is 25.1 Å². The molecule has 1 aromatic heterocycles. The number of anilines is 1. The number of likely N-dealkylation sites (N-methyl/N-ethyl adjacent to an activating group) is 1. The predicted octanol–water partition coefficient (Wildman–Crippen LogP) is 4.63. The van der Waals surface area contributed by atoms with Gasteiger partial charge < -0.3 is 15.5 Å². The lowest BCUT2D eigenvalue weighted by molar-refractivity contribution is -0.116. The minimum atomic E-state index is -0.759. The molecule has 168 valence electrons. The van der Waals surface area contributed by atoms with Crippen molar-refractivity contribution in [3.63, 3.8) is 0 Å². The average molecular weight is 482 g/mol. The van der Waals surface area contributed by atoms with E-state index in [1.165, 1.54) is 28.0 Å². The molecule has 0 aliphatic heterocycles. The fourth-order valence-corrected chi connectivity index (χ4v) is 3.33. The van der Waals surface area contributed by atoms with Gasteiger partial charge >= 0.3 is 6.03 Å². The third-order valence-electron chi connectivity index (χ3n) is 4.47. The molecule has 7 nitrogen and oxygen atoms in total. The Bertz CT molecular complexity index is 1120. The van der Waals surface area contributed by atoms with Gasteiger partial charge in [0.1, 0.15) is 18.0 Å². The summed E-state index contributed by atoms with van der Waals surface area (Å²) in [6.45, 7) is 1.88. The number of nitrogens with zero attached hydrogens (tertiary/aromatic N) is 3. The van der Waals surface area contributed by atoms with Crippen LogP contribution in [0.2, 0.25) is 10.0 Å². The number of para-hydroxylation sites is 1. The third-order valence-corrected chi connectivity index (χ3v) is 5.10. The van der Waals surface area contributed by atoms with Crippen LogP contribution in [0, 0.1) is 11.6 Å². The fourth-order valence-electron chi connectivity index (χ4n) is 2.84. The molecule has 0 aliphatic rings. The van der Waals surface area contributed by atoms with E-state index >= 15 is 0 Å². The van der Waals surface area contributed by atoms with E-state index in [-0.39, 0.29) is 41.1 Å². The van der Waals surface area contributed by atoms with Crippen molar-refractivity contribution in [2.24, 2.45) is 0 Å². The molecule has 0 spiro atoms. The van der Waals surface area contributed by atoms with Crippen LogP contribution >= 0.6 is 23.2 Å². The van der Waals surface area contributed by atoms with Gasteiger partial charge in [-0.05, 0) is 31.2 Å². The highest BCUT2D eigenvalue weighted by atomic mass is 35.5. The smallest absolute Gasteiger partial charge is 0.318 e. The summed E-state index contributed by atoms with van der Waals surface area (Å²) in [6, 6.07) is 7.51. The van der Waals surface area contributed by atoms with E-state index in [0.29, 0.717) is 5.56 Å². The molecular formula is C21H19Cl2F2N5O2. The SMILES string of the molecule is CCN(CC(=O)Nc1c(Cl)cccc1Cl)C(=O)NCc1cnn(-c2ccc(F)cc2F)c1. The van der Waals surface area contributed by atoms with Gasteiger partial charge in [-0.3, -0.25) is 4.79 Å². The van der Waals surface area contributed by atoms with Gasteiger partial charge in [0, 0.05) is 30.9 Å². The van der Waals surface area contributed by atoms with Crippen molar-refractivity contribution in [2.45, 2.75) is 13.5 Å². The molecule has 32 heavy (non-hydrogen) atoms. The lowest BCUT2D eigenvalue weighted by Crippen LogP contribution is -2.43. The molecule has 2 N–H and O–H groups in total. The lowest BCUT2D eigenvalue weighted by atomic mass is 10.3. The number of hydrogen-bond acceptors (Lipinski definition) is 3. The van der Waals surface area contributed by atoms with Crippen molar-refractivity contribution < 1.29 is 18.4 Å². The van der Waals surface area contributed by atoms with Gasteiger partial charge in [0.05, 0.1) is 21.9 Å². The van der Waals surface area contributed by atoms with Gasteiger partial charge in [0.2, 0.25) is 5.91 Å². The molecule has 2 aromatic carbocycles. The number of carbonyl (C=O) groups excluding carboxylic acids is 2. The predicted molar refractivity (Wildman–Crippen MR) is 118 cm³/mol. The topological polar surface area (TPSA) is 79.3 Å². The Morgan fingerprint density at radius 1 is 1.16 bits per heavy atom. The van der Waals surface area contributed by atoms with Gasteiger partial charge in [-0.2, -0.15) is 5.10 Å². The monoisotopic (exact) mass is 481 g/mol. The van der Waals surface area contributed by atoms with Crippen LogP contribution in [-0.4, -0.2) is 39.7 Å². The van der Waals surface area contributed by atoms with E-state index in [1.807, 2.05) is 0 Å². The first-order valence-corrected chi connectivity index (χ1v) is 10.3. The highest BCUT2D eigenvalue weighted by Crippen LogP contribution is 2.29. The zero-order valence-electron chi connectivity index (χ0n) is 16.9. The summed E-state index contributed by atoms with van der Waals surface area (Å²) in [5.74, 6) is -1.91. The molecular weight excluding hydrogens is 463 g/mol. The molecule has 11 heteroatoms.